The standard InChI is InChI=1S/C12H14BNO3/c1-7(2)12(15)11-6-8-5-9(13(16)17)3-4-10(8)14-11/h3-7,14,16-17H,1-2H3. The van der Waals surface area contributed by atoms with Gasteiger partial charge in [-0.15, -0.1) is 0 Å². The number of H-pyrrole nitrogens is 1. The molecule has 2 aromatic rings. The maximum atomic E-state index is 11.8. The first kappa shape index (κ1) is 11.9. The van der Waals surface area contributed by atoms with E-state index in [1.807, 2.05) is 13.8 Å². The molecule has 1 aromatic heterocycles. The lowest BCUT2D eigenvalue weighted by molar-refractivity contribution is 0.0935. The lowest BCUT2D eigenvalue weighted by atomic mass is 9.80. The molecule has 3 N–H and O–H groups in total. The highest BCUT2D eigenvalue weighted by Gasteiger charge is 2.15. The number of hydrogen-bond donors (Lipinski definition) is 3. The molecule has 1 aromatic carbocycles. The van der Waals surface area contributed by atoms with E-state index in [0.29, 0.717) is 11.2 Å². The Balaban J connectivity index is 2.47. The number of carbonyl (C=O) groups is 1. The molecule has 0 aliphatic rings. The van der Waals surface area contributed by atoms with E-state index in [-0.39, 0.29) is 11.7 Å². The van der Waals surface area contributed by atoms with Crippen LogP contribution >= 0.6 is 0 Å². The smallest absolute Gasteiger partial charge is 0.423 e. The Morgan fingerprint density at radius 3 is 2.59 bits per heavy atom. The number of Topliss-reactive ketones (excluding diaryl/α,β-unsaturated/α-hetero) is 1. The van der Waals surface area contributed by atoms with Gasteiger partial charge in [-0.3, -0.25) is 4.79 Å². The van der Waals surface area contributed by atoms with Crippen molar-refractivity contribution in [3.63, 3.8) is 0 Å². The summed E-state index contributed by atoms with van der Waals surface area (Å²) in [5.74, 6) is -0.0155. The number of nitrogens with one attached hydrogen (secondary N) is 1. The van der Waals surface area contributed by atoms with Crippen molar-refractivity contribution < 1.29 is 14.8 Å². The number of aromatic amines is 1. The van der Waals surface area contributed by atoms with Gasteiger partial charge in [0, 0.05) is 11.4 Å². The largest absolute Gasteiger partial charge is 0.488 e. The number of benzene rings is 1. The van der Waals surface area contributed by atoms with E-state index in [0.717, 1.165) is 10.9 Å². The number of carbonyl (C=O) groups excluding carboxylic acids is 1. The first-order chi connectivity index (χ1) is 7.99. The Labute approximate surface area is 99.4 Å². The average Bonchev–Trinajstić information content (AvgIpc) is 2.69. The highest BCUT2D eigenvalue weighted by Crippen LogP contribution is 2.16. The first-order valence-electron chi connectivity index (χ1n) is 5.52. The van der Waals surface area contributed by atoms with Crippen LogP contribution in [0.25, 0.3) is 10.9 Å². The molecule has 0 spiro atoms. The summed E-state index contributed by atoms with van der Waals surface area (Å²) in [4.78, 5) is 14.8. The Morgan fingerprint density at radius 2 is 2.00 bits per heavy atom. The molecule has 0 aliphatic carbocycles. The number of ketones is 1. The second-order valence-corrected chi connectivity index (χ2v) is 4.42. The summed E-state index contributed by atoms with van der Waals surface area (Å²) in [6, 6.07) is 6.76. The molecule has 5 heteroatoms. The van der Waals surface area contributed by atoms with E-state index in [1.165, 1.54) is 0 Å². The lowest BCUT2D eigenvalue weighted by Gasteiger charge is -1.99. The van der Waals surface area contributed by atoms with Crippen LogP contribution in [0.1, 0.15) is 24.3 Å². The molecular formula is C12H14BNO3. The van der Waals surface area contributed by atoms with Crippen molar-refractivity contribution in [1.29, 1.82) is 0 Å². The van der Waals surface area contributed by atoms with Crippen LogP contribution in [0.5, 0.6) is 0 Å². The SMILES string of the molecule is CC(C)C(=O)c1cc2cc(B(O)O)ccc2[nH]1. The van der Waals surface area contributed by atoms with E-state index >= 15 is 0 Å². The molecule has 0 unspecified atom stereocenters. The summed E-state index contributed by atoms with van der Waals surface area (Å²) >= 11 is 0. The zero-order valence-corrected chi connectivity index (χ0v) is 9.77. The maximum absolute atomic E-state index is 11.8. The lowest BCUT2D eigenvalue weighted by Crippen LogP contribution is -2.29. The quantitative estimate of drug-likeness (QED) is 0.537. The van der Waals surface area contributed by atoms with Crippen molar-refractivity contribution in [1.82, 2.24) is 4.98 Å². The Hall–Kier alpha value is -1.59. The molecule has 0 bridgehead atoms. The summed E-state index contributed by atoms with van der Waals surface area (Å²) in [6.45, 7) is 3.69. The molecule has 4 nitrogen and oxygen atoms in total. The molecule has 0 amide bonds. The Kier molecular flexibility index (Phi) is 3.04. The van der Waals surface area contributed by atoms with Crippen molar-refractivity contribution >= 4 is 29.3 Å². The van der Waals surface area contributed by atoms with Gasteiger partial charge in [0.1, 0.15) is 0 Å². The minimum atomic E-state index is -1.49. The van der Waals surface area contributed by atoms with Crippen LogP contribution in [0.4, 0.5) is 0 Å². The first-order valence-corrected chi connectivity index (χ1v) is 5.52. The van der Waals surface area contributed by atoms with Gasteiger partial charge in [0.2, 0.25) is 0 Å². The van der Waals surface area contributed by atoms with Gasteiger partial charge in [0.15, 0.2) is 5.78 Å². The van der Waals surface area contributed by atoms with E-state index in [1.54, 1.807) is 24.3 Å². The number of fused-ring (bicyclic) bond motifs is 1. The zero-order valence-electron chi connectivity index (χ0n) is 9.77. The predicted molar refractivity (Wildman–Crippen MR) is 67.3 cm³/mol. The fraction of sp³-hybridized carbons (Fsp3) is 0.250. The Morgan fingerprint density at radius 1 is 1.29 bits per heavy atom. The van der Waals surface area contributed by atoms with Gasteiger partial charge in [-0.25, -0.2) is 0 Å². The van der Waals surface area contributed by atoms with E-state index in [9.17, 15) is 4.79 Å². The third-order valence-corrected chi connectivity index (χ3v) is 2.73. The fourth-order valence-electron chi connectivity index (χ4n) is 1.76. The van der Waals surface area contributed by atoms with Crippen LogP contribution in [0.2, 0.25) is 0 Å². The normalized spacial score (nSPS) is 11.1. The third-order valence-electron chi connectivity index (χ3n) is 2.73. The molecule has 88 valence electrons. The fourth-order valence-corrected chi connectivity index (χ4v) is 1.76. The molecule has 0 radical (unpaired) electrons. The molecule has 2 rings (SSSR count). The summed E-state index contributed by atoms with van der Waals surface area (Å²) < 4.78 is 0. The molecular weight excluding hydrogens is 217 g/mol. The highest BCUT2D eigenvalue weighted by molar-refractivity contribution is 6.58. The van der Waals surface area contributed by atoms with Crippen LogP contribution < -0.4 is 5.46 Å². The topological polar surface area (TPSA) is 73.3 Å². The molecule has 1 heterocycles. The monoisotopic (exact) mass is 231 g/mol. The van der Waals surface area contributed by atoms with Gasteiger partial charge >= 0.3 is 7.12 Å². The minimum Gasteiger partial charge on any atom is -0.423 e. The van der Waals surface area contributed by atoms with Crippen molar-refractivity contribution in [2.75, 3.05) is 0 Å². The van der Waals surface area contributed by atoms with Gasteiger partial charge in [-0.1, -0.05) is 26.0 Å². The van der Waals surface area contributed by atoms with E-state index in [4.69, 9.17) is 10.0 Å². The molecule has 0 saturated heterocycles. The number of rotatable bonds is 3. The summed E-state index contributed by atoms with van der Waals surface area (Å²) in [5, 5.41) is 18.9. The van der Waals surface area contributed by atoms with E-state index in [2.05, 4.69) is 4.98 Å². The van der Waals surface area contributed by atoms with Crippen molar-refractivity contribution in [3.05, 3.63) is 30.0 Å². The van der Waals surface area contributed by atoms with Gasteiger partial charge in [0.05, 0.1) is 5.69 Å². The molecule has 0 aliphatic heterocycles. The second kappa shape index (κ2) is 4.35. The van der Waals surface area contributed by atoms with Gasteiger partial charge in [-0.05, 0) is 23.0 Å². The molecule has 0 saturated carbocycles. The molecule has 0 fully saturated rings. The Bertz CT molecular complexity index is 560. The van der Waals surface area contributed by atoms with Crippen LogP contribution in [-0.4, -0.2) is 27.9 Å². The summed E-state index contributed by atoms with van der Waals surface area (Å²) in [6.07, 6.45) is 0. The summed E-state index contributed by atoms with van der Waals surface area (Å²) in [7, 11) is -1.49. The van der Waals surface area contributed by atoms with Gasteiger partial charge in [0.25, 0.3) is 0 Å². The molecule has 17 heavy (non-hydrogen) atoms. The predicted octanol–water partition coefficient (Wildman–Crippen LogP) is 0.686. The van der Waals surface area contributed by atoms with Crippen LogP contribution in [0.3, 0.4) is 0 Å². The number of hydrogen-bond acceptors (Lipinski definition) is 3. The number of aromatic nitrogens is 1. The van der Waals surface area contributed by atoms with Gasteiger partial charge in [-0.2, -0.15) is 0 Å². The van der Waals surface area contributed by atoms with E-state index < -0.39 is 7.12 Å². The minimum absolute atomic E-state index is 0.0484. The second-order valence-electron chi connectivity index (χ2n) is 4.42. The maximum Gasteiger partial charge on any atom is 0.488 e. The average molecular weight is 231 g/mol. The molecule has 0 atom stereocenters. The summed E-state index contributed by atoms with van der Waals surface area (Å²) in [5.41, 5.74) is 1.79. The van der Waals surface area contributed by atoms with Crippen molar-refractivity contribution in [2.45, 2.75) is 13.8 Å². The van der Waals surface area contributed by atoms with Crippen LogP contribution in [0.15, 0.2) is 24.3 Å². The van der Waals surface area contributed by atoms with Gasteiger partial charge < -0.3 is 15.0 Å². The highest BCUT2D eigenvalue weighted by atomic mass is 16.4. The zero-order chi connectivity index (χ0) is 12.6. The van der Waals surface area contributed by atoms with Crippen molar-refractivity contribution in [3.8, 4) is 0 Å². The van der Waals surface area contributed by atoms with Crippen LogP contribution in [0, 0.1) is 5.92 Å². The van der Waals surface area contributed by atoms with Crippen LogP contribution in [-0.2, 0) is 0 Å². The third kappa shape index (κ3) is 2.25. The van der Waals surface area contributed by atoms with Crippen molar-refractivity contribution in [2.24, 2.45) is 5.92 Å².